The van der Waals surface area contributed by atoms with Crippen molar-refractivity contribution in [1.29, 1.82) is 0 Å². The minimum atomic E-state index is -0.992. The number of imidazole rings is 2. The van der Waals surface area contributed by atoms with Crippen molar-refractivity contribution in [2.75, 3.05) is 6.61 Å². The largest absolute Gasteiger partial charge is 0.386 e. The van der Waals surface area contributed by atoms with Crippen LogP contribution in [0.15, 0.2) is 40.0 Å². The highest BCUT2D eigenvalue weighted by Crippen LogP contribution is 2.41. The molecule has 2 saturated heterocycles. The van der Waals surface area contributed by atoms with E-state index in [0.29, 0.717) is 22.6 Å². The Hall–Kier alpha value is -2.21. The van der Waals surface area contributed by atoms with Crippen LogP contribution in [0.3, 0.4) is 0 Å². The van der Waals surface area contributed by atoms with Crippen molar-refractivity contribution in [3.05, 3.63) is 51.4 Å². The number of aromatic nitrogens is 5. The number of aromatic amines is 1. The van der Waals surface area contributed by atoms with E-state index in [2.05, 4.69) is 30.9 Å². The second-order valence-corrected chi connectivity index (χ2v) is 8.64. The Kier molecular flexibility index (Phi) is 4.50. The van der Waals surface area contributed by atoms with Crippen LogP contribution >= 0.6 is 25.0 Å². The van der Waals surface area contributed by atoms with Gasteiger partial charge in [0.25, 0.3) is 5.56 Å². The summed E-state index contributed by atoms with van der Waals surface area (Å²) in [5.41, 5.74) is 1.26. The minimum absolute atomic E-state index is 0.110. The van der Waals surface area contributed by atoms with Crippen molar-refractivity contribution in [3.8, 4) is 11.3 Å². The van der Waals surface area contributed by atoms with Crippen molar-refractivity contribution >= 4 is 41.9 Å². The van der Waals surface area contributed by atoms with Crippen LogP contribution in [-0.4, -0.2) is 53.9 Å². The summed E-state index contributed by atoms with van der Waals surface area (Å²) in [7, 11) is -0.167. The molecule has 31 heavy (non-hydrogen) atoms. The van der Waals surface area contributed by atoms with E-state index in [1.54, 1.807) is 18.3 Å². The van der Waals surface area contributed by atoms with Crippen LogP contribution in [0.4, 0.5) is 4.39 Å². The third-order valence-corrected chi connectivity index (χ3v) is 6.63. The van der Waals surface area contributed by atoms with Gasteiger partial charge in [0.05, 0.1) is 12.3 Å². The predicted molar refractivity (Wildman–Crippen MR) is 111 cm³/mol. The van der Waals surface area contributed by atoms with Crippen molar-refractivity contribution in [2.45, 2.75) is 24.5 Å². The molecule has 5 atom stereocenters. The Morgan fingerprint density at radius 1 is 1.29 bits per heavy atom. The number of H-pyrrole nitrogens is 1. The number of aliphatic hydroxyl groups is 1. The smallest absolute Gasteiger partial charge is 0.287 e. The van der Waals surface area contributed by atoms with E-state index < -0.39 is 30.1 Å². The molecule has 160 valence electrons. The molecule has 4 aromatic rings. The van der Waals surface area contributed by atoms with Gasteiger partial charge in [-0.05, 0) is 45.8 Å². The summed E-state index contributed by atoms with van der Waals surface area (Å²) in [6.45, 7) is 0.304. The molecule has 2 aliphatic rings. The Balaban J connectivity index is 1.50. The first kappa shape index (κ1) is 19.5. The van der Waals surface area contributed by atoms with Gasteiger partial charge in [-0.2, -0.15) is 4.98 Å². The van der Waals surface area contributed by atoms with Crippen molar-refractivity contribution in [1.82, 2.24) is 23.9 Å². The van der Waals surface area contributed by atoms with E-state index in [-0.39, 0.29) is 31.8 Å². The van der Waals surface area contributed by atoms with Crippen molar-refractivity contribution in [2.24, 2.45) is 0 Å². The molecule has 0 amide bonds. The fraction of sp³-hybridized carbons (Fsp3) is 0.278. The molecule has 2 aliphatic heterocycles. The SMILES string of the molecule is O=c1c2nc(Br)n(C3OC4COPOC4C3O)c2nc2[nH]c(-c3ccc(F)cc3)cn12. The molecule has 10 nitrogen and oxygen atoms in total. The average Bonchev–Trinajstić information content (AvgIpc) is 3.43. The Morgan fingerprint density at radius 3 is 2.87 bits per heavy atom. The lowest BCUT2D eigenvalue weighted by molar-refractivity contribution is -0.0529. The number of benzene rings is 1. The first-order chi connectivity index (χ1) is 15.0. The monoisotopic (exact) mass is 509 g/mol. The molecule has 5 unspecified atom stereocenters. The second kappa shape index (κ2) is 7.16. The highest BCUT2D eigenvalue weighted by molar-refractivity contribution is 9.10. The maximum absolute atomic E-state index is 13.2. The van der Waals surface area contributed by atoms with Crippen molar-refractivity contribution < 1.29 is 23.3 Å². The maximum atomic E-state index is 13.2. The van der Waals surface area contributed by atoms with Gasteiger partial charge in [-0.15, -0.1) is 0 Å². The number of hydrogen-bond acceptors (Lipinski definition) is 7. The molecule has 0 saturated carbocycles. The van der Waals surface area contributed by atoms with Gasteiger partial charge in [-0.3, -0.25) is 9.36 Å². The van der Waals surface area contributed by atoms with E-state index in [0.717, 1.165) is 0 Å². The number of aliphatic hydroxyl groups excluding tert-OH is 1. The minimum Gasteiger partial charge on any atom is -0.386 e. The van der Waals surface area contributed by atoms with E-state index in [9.17, 15) is 14.3 Å². The van der Waals surface area contributed by atoms with Gasteiger partial charge in [-0.1, -0.05) is 0 Å². The first-order valence-corrected chi connectivity index (χ1v) is 10.9. The third-order valence-electron chi connectivity index (χ3n) is 5.42. The molecule has 0 spiro atoms. The number of fused-ring (bicyclic) bond motifs is 3. The van der Waals surface area contributed by atoms with Gasteiger partial charge in [0, 0.05) is 6.20 Å². The van der Waals surface area contributed by atoms with E-state index >= 15 is 0 Å². The number of hydrogen-bond donors (Lipinski definition) is 2. The van der Waals surface area contributed by atoms with E-state index in [1.807, 2.05) is 0 Å². The molecule has 13 heteroatoms. The topological polar surface area (TPSA) is 116 Å². The summed E-state index contributed by atoms with van der Waals surface area (Å²) < 4.78 is 33.2. The van der Waals surface area contributed by atoms with Gasteiger partial charge in [0.2, 0.25) is 5.78 Å². The predicted octanol–water partition coefficient (Wildman–Crippen LogP) is 2.12. The van der Waals surface area contributed by atoms with Crippen LogP contribution in [0.1, 0.15) is 6.23 Å². The summed E-state index contributed by atoms with van der Waals surface area (Å²) in [5.74, 6) is -0.0778. The summed E-state index contributed by atoms with van der Waals surface area (Å²) in [4.78, 5) is 25.1. The van der Waals surface area contributed by atoms with Crippen LogP contribution in [0.2, 0.25) is 0 Å². The van der Waals surface area contributed by atoms with Gasteiger partial charge in [0.15, 0.2) is 31.2 Å². The van der Waals surface area contributed by atoms with Crippen LogP contribution in [0.5, 0.6) is 0 Å². The van der Waals surface area contributed by atoms with Crippen LogP contribution < -0.4 is 5.56 Å². The average molecular weight is 510 g/mol. The Labute approximate surface area is 183 Å². The normalized spacial score (nSPS) is 26.8. The third kappa shape index (κ3) is 2.98. The molecule has 1 aromatic carbocycles. The number of rotatable bonds is 2. The molecule has 3 aromatic heterocycles. The lowest BCUT2D eigenvalue weighted by atomic mass is 10.1. The van der Waals surface area contributed by atoms with Gasteiger partial charge >= 0.3 is 0 Å². The fourth-order valence-corrected chi connectivity index (χ4v) is 5.17. The first-order valence-electron chi connectivity index (χ1n) is 9.32. The zero-order valence-electron chi connectivity index (χ0n) is 15.5. The molecular formula is C18H14BrFN5O5P. The molecule has 6 rings (SSSR count). The number of nitrogens with one attached hydrogen (secondary N) is 1. The molecule has 0 radical (unpaired) electrons. The summed E-state index contributed by atoms with van der Waals surface area (Å²) in [5, 5.41) is 10.8. The van der Waals surface area contributed by atoms with E-state index in [4.69, 9.17) is 13.8 Å². The lowest BCUT2D eigenvalue weighted by Crippen LogP contribution is -2.36. The molecule has 2 fully saturated rings. The number of ether oxygens (including phenoxy) is 1. The molecular weight excluding hydrogens is 496 g/mol. The van der Waals surface area contributed by atoms with Gasteiger partial charge in [-0.25, -0.2) is 13.8 Å². The Bertz CT molecular complexity index is 1370. The van der Waals surface area contributed by atoms with Crippen LogP contribution in [0.25, 0.3) is 28.2 Å². The standard InChI is InChI=1S/C18H14BrFN5O5P/c19-17-22-11-14(25(17)16-12(26)13-10(29-16)6-28-31-30-13)23-18-21-9(5-24(18)15(11)27)7-1-3-8(20)4-2-7/h1-5,10,12-13,16,26,31H,6H2,(H,21,23). The quantitative estimate of drug-likeness (QED) is 0.314. The summed E-state index contributed by atoms with van der Waals surface area (Å²) >= 11 is 3.36. The highest BCUT2D eigenvalue weighted by Gasteiger charge is 2.48. The zero-order chi connectivity index (χ0) is 21.3. The summed E-state index contributed by atoms with van der Waals surface area (Å²) in [6.07, 6.45) is -1.24. The van der Waals surface area contributed by atoms with Crippen LogP contribution in [-0.2, 0) is 13.8 Å². The fourth-order valence-electron chi connectivity index (χ4n) is 3.92. The van der Waals surface area contributed by atoms with Crippen molar-refractivity contribution in [3.63, 3.8) is 0 Å². The molecule has 2 N–H and O–H groups in total. The number of nitrogens with zero attached hydrogens (tertiary/aromatic N) is 4. The number of halogens is 2. The Morgan fingerprint density at radius 2 is 2.10 bits per heavy atom. The second-order valence-electron chi connectivity index (χ2n) is 7.24. The van der Waals surface area contributed by atoms with Crippen LogP contribution in [0, 0.1) is 5.82 Å². The summed E-state index contributed by atoms with van der Waals surface area (Å²) in [6, 6.07) is 5.88. The molecule has 5 heterocycles. The maximum Gasteiger partial charge on any atom is 0.287 e. The van der Waals surface area contributed by atoms with Gasteiger partial charge < -0.3 is 23.9 Å². The molecule has 0 aliphatic carbocycles. The van der Waals surface area contributed by atoms with E-state index in [1.165, 1.54) is 21.1 Å². The molecule has 0 bridgehead atoms. The lowest BCUT2D eigenvalue weighted by Gasteiger charge is -2.24. The highest BCUT2D eigenvalue weighted by atomic mass is 79.9. The zero-order valence-corrected chi connectivity index (χ0v) is 18.1. The van der Waals surface area contributed by atoms with Gasteiger partial charge in [0.1, 0.15) is 24.1 Å².